The smallest absolute Gasteiger partial charge is 0.399 e. The fourth-order valence-electron chi connectivity index (χ4n) is 2.74. The van der Waals surface area contributed by atoms with Crippen LogP contribution in [0.1, 0.15) is 40.1 Å². The van der Waals surface area contributed by atoms with Gasteiger partial charge in [-0.1, -0.05) is 24.3 Å². The molecule has 7 heteroatoms. The Hall–Kier alpha value is -3.09. The minimum Gasteiger partial charge on any atom is -0.399 e. The highest BCUT2D eigenvalue weighted by molar-refractivity contribution is 5.95. The summed E-state index contributed by atoms with van der Waals surface area (Å²) in [6.45, 7) is 3.68. The van der Waals surface area contributed by atoms with E-state index in [1.165, 1.54) is 12.1 Å². The number of amides is 1. The van der Waals surface area contributed by atoms with Crippen LogP contribution in [0.2, 0.25) is 0 Å². The summed E-state index contributed by atoms with van der Waals surface area (Å²) >= 11 is 0. The van der Waals surface area contributed by atoms with E-state index in [1.54, 1.807) is 12.1 Å². The van der Waals surface area contributed by atoms with Gasteiger partial charge in [-0.3, -0.25) is 4.79 Å². The topological polar surface area (TPSA) is 68.0 Å². The van der Waals surface area contributed by atoms with E-state index in [-0.39, 0.29) is 17.3 Å². The van der Waals surface area contributed by atoms with E-state index in [0.717, 1.165) is 23.3 Å². The van der Waals surface area contributed by atoms with Gasteiger partial charge in [-0.15, -0.1) is 0 Å². The minimum absolute atomic E-state index is 0.0563. The number of aryl methyl sites for hydroxylation is 1. The maximum Gasteiger partial charge on any atom is 0.416 e. The molecule has 0 fully saturated rings. The van der Waals surface area contributed by atoms with Gasteiger partial charge in [0.25, 0.3) is 5.91 Å². The molecule has 1 atom stereocenters. The lowest BCUT2D eigenvalue weighted by atomic mass is 10.0. The van der Waals surface area contributed by atoms with Crippen molar-refractivity contribution in [1.82, 2.24) is 10.3 Å². The lowest BCUT2D eigenvalue weighted by molar-refractivity contribution is -0.137. The van der Waals surface area contributed by atoms with Crippen LogP contribution in [0.4, 0.5) is 18.9 Å². The van der Waals surface area contributed by atoms with Gasteiger partial charge in [0.1, 0.15) is 5.69 Å². The Labute approximate surface area is 154 Å². The van der Waals surface area contributed by atoms with Crippen molar-refractivity contribution in [2.75, 3.05) is 5.73 Å². The second-order valence-electron chi connectivity index (χ2n) is 6.41. The molecule has 3 rings (SSSR count). The molecule has 0 radical (unpaired) electrons. The molecule has 0 saturated carbocycles. The normalized spacial score (nSPS) is 12.8. The van der Waals surface area contributed by atoms with Crippen molar-refractivity contribution >= 4 is 22.5 Å². The lowest BCUT2D eigenvalue weighted by Gasteiger charge is -2.15. The molecule has 0 unspecified atom stereocenters. The monoisotopic (exact) mass is 373 g/mol. The van der Waals surface area contributed by atoms with Gasteiger partial charge in [0, 0.05) is 11.1 Å². The summed E-state index contributed by atoms with van der Waals surface area (Å²) < 4.78 is 38.6. The van der Waals surface area contributed by atoms with Crippen LogP contribution in [0.5, 0.6) is 0 Å². The molecule has 3 aromatic rings. The summed E-state index contributed by atoms with van der Waals surface area (Å²) in [5.74, 6) is -0.462. The Balaban J connectivity index is 1.85. The van der Waals surface area contributed by atoms with E-state index < -0.39 is 17.6 Å². The van der Waals surface area contributed by atoms with Crippen LogP contribution in [0.15, 0.2) is 48.5 Å². The summed E-state index contributed by atoms with van der Waals surface area (Å²) in [7, 11) is 0. The fraction of sp³-hybridized carbons (Fsp3) is 0.200. The van der Waals surface area contributed by atoms with Crippen LogP contribution in [0.25, 0.3) is 10.9 Å². The molecule has 0 bridgehead atoms. The summed E-state index contributed by atoms with van der Waals surface area (Å²) in [5, 5.41) is 3.33. The van der Waals surface area contributed by atoms with E-state index in [9.17, 15) is 18.0 Å². The first-order chi connectivity index (χ1) is 12.6. The predicted octanol–water partition coefficient (Wildman–Crippen LogP) is 4.64. The summed E-state index contributed by atoms with van der Waals surface area (Å²) in [4.78, 5) is 16.6. The third-order valence-corrected chi connectivity index (χ3v) is 4.39. The molecule has 27 heavy (non-hydrogen) atoms. The third-order valence-electron chi connectivity index (χ3n) is 4.39. The Morgan fingerprint density at radius 2 is 1.81 bits per heavy atom. The Bertz CT molecular complexity index is 1020. The zero-order valence-electron chi connectivity index (χ0n) is 14.8. The SMILES string of the molecule is Cc1cc([C@@H](C)NC(=O)c2ccc3ccc(C(F)(F)F)cc3n2)ccc1N. The predicted molar refractivity (Wildman–Crippen MR) is 98.2 cm³/mol. The number of hydrogen-bond acceptors (Lipinski definition) is 3. The minimum atomic E-state index is -4.46. The first kappa shape index (κ1) is 18.7. The molecule has 0 aliphatic rings. The molecule has 1 aromatic heterocycles. The molecule has 4 nitrogen and oxygen atoms in total. The molecule has 140 valence electrons. The van der Waals surface area contributed by atoms with E-state index in [1.807, 2.05) is 26.0 Å². The van der Waals surface area contributed by atoms with Gasteiger partial charge < -0.3 is 11.1 Å². The summed E-state index contributed by atoms with van der Waals surface area (Å²) in [6, 6.07) is 11.5. The number of nitrogens with two attached hydrogens (primary N) is 1. The van der Waals surface area contributed by atoms with Crippen LogP contribution in [0.3, 0.4) is 0 Å². The zero-order chi connectivity index (χ0) is 19.8. The van der Waals surface area contributed by atoms with Gasteiger partial charge >= 0.3 is 6.18 Å². The van der Waals surface area contributed by atoms with Crippen molar-refractivity contribution in [3.8, 4) is 0 Å². The Morgan fingerprint density at radius 3 is 2.48 bits per heavy atom. The van der Waals surface area contributed by atoms with Crippen LogP contribution in [0, 0.1) is 6.92 Å². The summed E-state index contributed by atoms with van der Waals surface area (Å²) in [6.07, 6.45) is -4.46. The number of anilines is 1. The lowest BCUT2D eigenvalue weighted by Crippen LogP contribution is -2.27. The standard InChI is InChI=1S/C20H18F3N3O/c1-11-9-14(4-7-16(11)24)12(2)25-19(27)17-8-5-13-3-6-15(20(21,22)23)10-18(13)26-17/h3-10,12H,24H2,1-2H3,(H,25,27)/t12-/m1/s1. The number of nitrogens with zero attached hydrogens (tertiary/aromatic N) is 1. The number of alkyl halides is 3. The van der Waals surface area contributed by atoms with Crippen LogP contribution in [-0.4, -0.2) is 10.9 Å². The molecule has 0 spiro atoms. The molecule has 1 heterocycles. The number of aromatic nitrogens is 1. The van der Waals surface area contributed by atoms with Gasteiger partial charge in [0.05, 0.1) is 17.1 Å². The van der Waals surface area contributed by atoms with Crippen molar-refractivity contribution in [3.05, 3.63) is 70.9 Å². The molecular formula is C20H18F3N3O. The molecular weight excluding hydrogens is 355 g/mol. The maximum absolute atomic E-state index is 12.9. The number of rotatable bonds is 3. The number of hydrogen-bond donors (Lipinski definition) is 2. The highest BCUT2D eigenvalue weighted by atomic mass is 19.4. The highest BCUT2D eigenvalue weighted by Gasteiger charge is 2.30. The van der Waals surface area contributed by atoms with E-state index in [0.29, 0.717) is 11.1 Å². The van der Waals surface area contributed by atoms with Crippen LogP contribution in [-0.2, 0) is 6.18 Å². The van der Waals surface area contributed by atoms with Crippen molar-refractivity contribution in [1.29, 1.82) is 0 Å². The number of carbonyl (C=O) groups is 1. The molecule has 0 aliphatic carbocycles. The summed E-state index contributed by atoms with van der Waals surface area (Å²) in [5.41, 5.74) is 7.61. The van der Waals surface area contributed by atoms with Gasteiger partial charge in [-0.25, -0.2) is 4.98 Å². The second kappa shape index (κ2) is 6.90. The second-order valence-corrected chi connectivity index (χ2v) is 6.41. The molecule has 0 saturated heterocycles. The fourth-order valence-corrected chi connectivity index (χ4v) is 2.74. The van der Waals surface area contributed by atoms with Crippen LogP contribution >= 0.6 is 0 Å². The Kier molecular flexibility index (Phi) is 4.78. The van der Waals surface area contributed by atoms with Crippen molar-refractivity contribution in [2.24, 2.45) is 0 Å². The molecule has 2 aromatic carbocycles. The van der Waals surface area contributed by atoms with Crippen LogP contribution < -0.4 is 11.1 Å². The number of carbonyl (C=O) groups excluding carboxylic acids is 1. The maximum atomic E-state index is 12.9. The van der Waals surface area contributed by atoms with Gasteiger partial charge in [0.15, 0.2) is 0 Å². The largest absolute Gasteiger partial charge is 0.416 e. The molecule has 3 N–H and O–H groups in total. The highest BCUT2D eigenvalue weighted by Crippen LogP contribution is 2.31. The van der Waals surface area contributed by atoms with Gasteiger partial charge in [-0.2, -0.15) is 13.2 Å². The first-order valence-corrected chi connectivity index (χ1v) is 8.30. The molecule has 0 aliphatic heterocycles. The third kappa shape index (κ3) is 4.02. The number of fused-ring (bicyclic) bond motifs is 1. The zero-order valence-corrected chi connectivity index (χ0v) is 14.8. The van der Waals surface area contributed by atoms with E-state index in [2.05, 4.69) is 10.3 Å². The van der Waals surface area contributed by atoms with E-state index in [4.69, 9.17) is 5.73 Å². The number of nitrogen functional groups attached to an aromatic ring is 1. The Morgan fingerprint density at radius 1 is 1.11 bits per heavy atom. The number of halogens is 3. The number of nitrogens with one attached hydrogen (secondary N) is 1. The van der Waals surface area contributed by atoms with Gasteiger partial charge in [-0.05, 0) is 49.2 Å². The average Bonchev–Trinajstić information content (AvgIpc) is 2.62. The number of pyridine rings is 1. The first-order valence-electron chi connectivity index (χ1n) is 8.30. The average molecular weight is 373 g/mol. The quantitative estimate of drug-likeness (QED) is 0.658. The van der Waals surface area contributed by atoms with Crippen molar-refractivity contribution in [3.63, 3.8) is 0 Å². The van der Waals surface area contributed by atoms with Gasteiger partial charge in [0.2, 0.25) is 0 Å². The van der Waals surface area contributed by atoms with Crippen molar-refractivity contribution in [2.45, 2.75) is 26.1 Å². The van der Waals surface area contributed by atoms with E-state index >= 15 is 0 Å². The molecule has 1 amide bonds. The van der Waals surface area contributed by atoms with Crippen molar-refractivity contribution < 1.29 is 18.0 Å². The number of benzene rings is 2.